The smallest absolute Gasteiger partial charge is 0.371 e. The van der Waals surface area contributed by atoms with Crippen molar-refractivity contribution in [2.45, 2.75) is 6.54 Å². The Morgan fingerprint density at radius 2 is 2.16 bits per heavy atom. The average Bonchev–Trinajstić information content (AvgIpc) is 2.86. The van der Waals surface area contributed by atoms with Crippen molar-refractivity contribution in [2.75, 3.05) is 5.32 Å². The number of hydrogen-bond acceptors (Lipinski definition) is 4. The fraction of sp³-hybridized carbons (Fsp3) is 0.0833. The second-order valence-corrected chi connectivity index (χ2v) is 3.62. The Kier molecular flexibility index (Phi) is 3.77. The number of nitrogens with zero attached hydrogens (tertiary/aromatic N) is 1. The summed E-state index contributed by atoms with van der Waals surface area (Å²) in [5, 5.41) is 13.8. The van der Waals surface area contributed by atoms with Gasteiger partial charge in [0.2, 0.25) is 5.76 Å². The average molecular weight is 261 g/mol. The molecule has 0 fully saturated rings. The van der Waals surface area contributed by atoms with E-state index < -0.39 is 12.0 Å². The number of carbonyl (C=O) groups is 2. The molecule has 2 aromatic rings. The van der Waals surface area contributed by atoms with Crippen LogP contribution in [0.1, 0.15) is 16.3 Å². The van der Waals surface area contributed by atoms with Crippen LogP contribution in [0.2, 0.25) is 0 Å². The van der Waals surface area contributed by atoms with Crippen molar-refractivity contribution in [2.24, 2.45) is 0 Å². The van der Waals surface area contributed by atoms with Crippen molar-refractivity contribution in [3.05, 3.63) is 48.2 Å². The van der Waals surface area contributed by atoms with Crippen molar-refractivity contribution < 1.29 is 19.1 Å². The lowest BCUT2D eigenvalue weighted by molar-refractivity contribution is 0.0660. The third-order valence-corrected chi connectivity index (χ3v) is 2.22. The number of aromatic carboxylic acids is 1. The summed E-state index contributed by atoms with van der Waals surface area (Å²) in [6, 6.07) is 5.79. The third kappa shape index (κ3) is 3.56. The first kappa shape index (κ1) is 12.6. The Labute approximate surface area is 108 Å². The molecule has 0 aliphatic rings. The van der Waals surface area contributed by atoms with Crippen LogP contribution in [-0.4, -0.2) is 22.1 Å². The SMILES string of the molecule is O=C(NCc1ccc(C(=O)O)o1)Nc1cccnc1. The van der Waals surface area contributed by atoms with Crippen LogP contribution in [0.5, 0.6) is 0 Å². The quantitative estimate of drug-likeness (QED) is 0.776. The fourth-order valence-corrected chi connectivity index (χ4v) is 1.37. The topological polar surface area (TPSA) is 104 Å². The number of furan rings is 1. The van der Waals surface area contributed by atoms with Crippen LogP contribution < -0.4 is 10.6 Å². The van der Waals surface area contributed by atoms with Gasteiger partial charge in [0.1, 0.15) is 5.76 Å². The van der Waals surface area contributed by atoms with E-state index in [0.29, 0.717) is 11.4 Å². The maximum atomic E-state index is 11.5. The number of aromatic nitrogens is 1. The van der Waals surface area contributed by atoms with E-state index in [1.165, 1.54) is 18.3 Å². The molecule has 7 heteroatoms. The highest BCUT2D eigenvalue weighted by molar-refractivity contribution is 5.89. The molecule has 2 aromatic heterocycles. The number of nitrogens with one attached hydrogen (secondary N) is 2. The molecule has 0 saturated carbocycles. The highest BCUT2D eigenvalue weighted by Gasteiger charge is 2.09. The lowest BCUT2D eigenvalue weighted by atomic mass is 10.4. The normalized spacial score (nSPS) is 9.89. The summed E-state index contributed by atoms with van der Waals surface area (Å²) in [6.45, 7) is 0.0966. The summed E-state index contributed by atoms with van der Waals surface area (Å²) in [6.07, 6.45) is 3.11. The number of carboxylic acid groups (broad SMARTS) is 1. The largest absolute Gasteiger partial charge is 0.475 e. The van der Waals surface area contributed by atoms with E-state index in [1.807, 2.05) is 0 Å². The van der Waals surface area contributed by atoms with E-state index in [2.05, 4.69) is 15.6 Å². The predicted octanol–water partition coefficient (Wildman–Crippen LogP) is 1.69. The highest BCUT2D eigenvalue weighted by atomic mass is 16.4. The van der Waals surface area contributed by atoms with Crippen molar-refractivity contribution in [1.29, 1.82) is 0 Å². The van der Waals surface area contributed by atoms with Crippen LogP contribution in [0.3, 0.4) is 0 Å². The van der Waals surface area contributed by atoms with Crippen molar-refractivity contribution in [3.63, 3.8) is 0 Å². The van der Waals surface area contributed by atoms with Gasteiger partial charge >= 0.3 is 12.0 Å². The highest BCUT2D eigenvalue weighted by Crippen LogP contribution is 2.07. The Bertz CT molecular complexity index is 580. The van der Waals surface area contributed by atoms with E-state index >= 15 is 0 Å². The minimum Gasteiger partial charge on any atom is -0.475 e. The minimum absolute atomic E-state index is 0.0966. The molecule has 0 atom stereocenters. The van der Waals surface area contributed by atoms with Crippen LogP contribution in [0.15, 0.2) is 41.1 Å². The first-order valence-corrected chi connectivity index (χ1v) is 5.42. The molecule has 2 amide bonds. The van der Waals surface area contributed by atoms with E-state index in [9.17, 15) is 9.59 Å². The van der Waals surface area contributed by atoms with Crippen LogP contribution >= 0.6 is 0 Å². The van der Waals surface area contributed by atoms with Crippen LogP contribution in [0.25, 0.3) is 0 Å². The van der Waals surface area contributed by atoms with Gasteiger partial charge in [-0.25, -0.2) is 9.59 Å². The standard InChI is InChI=1S/C12H11N3O4/c16-11(17)10-4-3-9(19-10)7-14-12(18)15-8-2-1-5-13-6-8/h1-6H,7H2,(H,16,17)(H2,14,15,18). The lowest BCUT2D eigenvalue weighted by Gasteiger charge is -2.05. The van der Waals surface area contributed by atoms with E-state index in [0.717, 1.165) is 0 Å². The van der Waals surface area contributed by atoms with Gasteiger partial charge in [0.25, 0.3) is 0 Å². The van der Waals surface area contributed by atoms with Gasteiger partial charge in [0.05, 0.1) is 18.4 Å². The van der Waals surface area contributed by atoms with E-state index in [1.54, 1.807) is 18.3 Å². The van der Waals surface area contributed by atoms with Gasteiger partial charge in [-0.05, 0) is 24.3 Å². The monoisotopic (exact) mass is 261 g/mol. The number of anilines is 1. The van der Waals surface area contributed by atoms with Crippen LogP contribution in [0, 0.1) is 0 Å². The van der Waals surface area contributed by atoms with Gasteiger partial charge in [0, 0.05) is 6.20 Å². The Morgan fingerprint density at radius 1 is 1.32 bits per heavy atom. The van der Waals surface area contributed by atoms with Crippen molar-refractivity contribution >= 4 is 17.7 Å². The summed E-state index contributed by atoms with van der Waals surface area (Å²) in [4.78, 5) is 26.0. The molecular weight excluding hydrogens is 250 g/mol. The molecule has 0 radical (unpaired) electrons. The molecule has 19 heavy (non-hydrogen) atoms. The molecule has 7 nitrogen and oxygen atoms in total. The molecule has 0 bridgehead atoms. The van der Waals surface area contributed by atoms with Crippen molar-refractivity contribution in [3.8, 4) is 0 Å². The summed E-state index contributed by atoms with van der Waals surface area (Å²) in [5.74, 6) is -0.950. The number of urea groups is 1. The zero-order chi connectivity index (χ0) is 13.7. The van der Waals surface area contributed by atoms with E-state index in [-0.39, 0.29) is 12.3 Å². The molecule has 0 aliphatic heterocycles. The molecule has 3 N–H and O–H groups in total. The molecule has 0 unspecified atom stereocenters. The number of carboxylic acids is 1. The third-order valence-electron chi connectivity index (χ3n) is 2.22. The second-order valence-electron chi connectivity index (χ2n) is 3.62. The maximum Gasteiger partial charge on any atom is 0.371 e. The number of hydrogen-bond donors (Lipinski definition) is 3. The summed E-state index contributed by atoms with van der Waals surface area (Å²) < 4.78 is 4.99. The van der Waals surface area contributed by atoms with E-state index in [4.69, 9.17) is 9.52 Å². The van der Waals surface area contributed by atoms with Gasteiger partial charge in [-0.1, -0.05) is 0 Å². The minimum atomic E-state index is -1.15. The fourth-order valence-electron chi connectivity index (χ4n) is 1.37. The summed E-state index contributed by atoms with van der Waals surface area (Å²) in [7, 11) is 0. The van der Waals surface area contributed by atoms with Gasteiger partial charge in [-0.15, -0.1) is 0 Å². The molecule has 0 spiro atoms. The number of carbonyl (C=O) groups excluding carboxylic acids is 1. The number of pyridine rings is 1. The zero-order valence-electron chi connectivity index (χ0n) is 9.79. The van der Waals surface area contributed by atoms with Crippen LogP contribution in [0.4, 0.5) is 10.5 Å². The van der Waals surface area contributed by atoms with Crippen molar-refractivity contribution in [1.82, 2.24) is 10.3 Å². The molecule has 0 aromatic carbocycles. The van der Waals surface area contributed by atoms with Gasteiger partial charge in [-0.3, -0.25) is 4.98 Å². The number of amides is 2. The molecule has 98 valence electrons. The predicted molar refractivity (Wildman–Crippen MR) is 65.8 cm³/mol. The zero-order valence-corrected chi connectivity index (χ0v) is 9.79. The van der Waals surface area contributed by atoms with Gasteiger partial charge < -0.3 is 20.2 Å². The van der Waals surface area contributed by atoms with Gasteiger partial charge in [-0.2, -0.15) is 0 Å². The molecule has 2 heterocycles. The second kappa shape index (κ2) is 5.67. The van der Waals surface area contributed by atoms with Crippen LogP contribution in [-0.2, 0) is 6.54 Å². The molecule has 0 aliphatic carbocycles. The van der Waals surface area contributed by atoms with Gasteiger partial charge in [0.15, 0.2) is 0 Å². The lowest BCUT2D eigenvalue weighted by Crippen LogP contribution is -2.28. The number of rotatable bonds is 4. The molecule has 2 rings (SSSR count). The summed E-state index contributed by atoms with van der Waals surface area (Å²) in [5.41, 5.74) is 0.561. The first-order chi connectivity index (χ1) is 9.15. The Balaban J connectivity index is 1.84. The Morgan fingerprint density at radius 3 is 2.79 bits per heavy atom. The summed E-state index contributed by atoms with van der Waals surface area (Å²) >= 11 is 0. The molecular formula is C12H11N3O4. The molecule has 0 saturated heterocycles. The maximum absolute atomic E-state index is 11.5. The Hall–Kier alpha value is -2.83. The first-order valence-electron chi connectivity index (χ1n) is 5.42.